The summed E-state index contributed by atoms with van der Waals surface area (Å²) in [5.41, 5.74) is 6.76. The number of rotatable bonds is 5. The van der Waals surface area contributed by atoms with Crippen LogP contribution in [0.1, 0.15) is 11.3 Å². The molecule has 0 amide bonds. The van der Waals surface area contributed by atoms with E-state index in [1.807, 2.05) is 0 Å². The van der Waals surface area contributed by atoms with Gasteiger partial charge in [-0.25, -0.2) is 0 Å². The number of methoxy groups -OCH3 is 1. The summed E-state index contributed by atoms with van der Waals surface area (Å²) in [6, 6.07) is 4.98. The molecule has 0 aliphatic heterocycles. The van der Waals surface area contributed by atoms with Gasteiger partial charge in [0.15, 0.2) is 17.3 Å². The van der Waals surface area contributed by atoms with Crippen molar-refractivity contribution in [1.82, 2.24) is 15.0 Å². The van der Waals surface area contributed by atoms with E-state index in [1.54, 1.807) is 36.1 Å². The molecule has 0 aliphatic rings. The molecule has 106 valence electrons. The molecule has 0 spiro atoms. The highest BCUT2D eigenvalue weighted by atomic mass is 16.5. The number of aryl methyl sites for hydroxylation is 1. The summed E-state index contributed by atoms with van der Waals surface area (Å²) >= 11 is 0. The van der Waals surface area contributed by atoms with Crippen LogP contribution in [0.15, 0.2) is 29.6 Å². The molecule has 2 aromatic rings. The van der Waals surface area contributed by atoms with Crippen molar-refractivity contribution in [2.75, 3.05) is 7.11 Å². The molecule has 1 heterocycles. The van der Waals surface area contributed by atoms with Gasteiger partial charge in [0.2, 0.25) is 0 Å². The van der Waals surface area contributed by atoms with Gasteiger partial charge in [0.1, 0.15) is 12.3 Å². The normalized spacial score (nSPS) is 11.4. The van der Waals surface area contributed by atoms with E-state index >= 15 is 0 Å². The molecule has 2 rings (SSSR count). The lowest BCUT2D eigenvalue weighted by Crippen LogP contribution is -2.13. The second-order valence-electron chi connectivity index (χ2n) is 4.02. The van der Waals surface area contributed by atoms with E-state index in [4.69, 9.17) is 20.4 Å². The predicted octanol–water partition coefficient (Wildman–Crippen LogP) is 0.497. The maximum atomic E-state index is 8.65. The smallest absolute Gasteiger partial charge is 0.170 e. The topological polar surface area (TPSA) is 108 Å². The largest absolute Gasteiger partial charge is 0.493 e. The van der Waals surface area contributed by atoms with Crippen molar-refractivity contribution in [2.45, 2.75) is 6.61 Å². The lowest BCUT2D eigenvalue weighted by Gasteiger charge is -2.10. The lowest BCUT2D eigenvalue weighted by molar-refractivity contribution is 0.280. The quantitative estimate of drug-likeness (QED) is 0.356. The molecule has 0 bridgehead atoms. The monoisotopic (exact) mass is 277 g/mol. The van der Waals surface area contributed by atoms with Gasteiger partial charge in [0, 0.05) is 12.6 Å². The summed E-state index contributed by atoms with van der Waals surface area (Å²) in [7, 11) is 3.30. The van der Waals surface area contributed by atoms with Gasteiger partial charge < -0.3 is 20.4 Å². The van der Waals surface area contributed by atoms with Gasteiger partial charge in [-0.05, 0) is 18.2 Å². The van der Waals surface area contributed by atoms with Crippen LogP contribution in [-0.4, -0.2) is 33.1 Å². The van der Waals surface area contributed by atoms with Gasteiger partial charge in [0.05, 0.1) is 13.3 Å². The fraction of sp³-hybridized carbons (Fsp3) is 0.250. The van der Waals surface area contributed by atoms with Crippen LogP contribution in [0.25, 0.3) is 0 Å². The number of oxime groups is 1. The van der Waals surface area contributed by atoms with Gasteiger partial charge in [0.25, 0.3) is 0 Å². The summed E-state index contributed by atoms with van der Waals surface area (Å²) in [5, 5.41) is 19.3. The van der Waals surface area contributed by atoms with Gasteiger partial charge in [-0.1, -0.05) is 10.4 Å². The minimum absolute atomic E-state index is 0.00350. The van der Waals surface area contributed by atoms with Crippen molar-refractivity contribution in [3.63, 3.8) is 0 Å². The highest BCUT2D eigenvalue weighted by Gasteiger charge is 2.09. The van der Waals surface area contributed by atoms with Crippen LogP contribution < -0.4 is 15.2 Å². The number of ether oxygens (including phenoxy) is 2. The van der Waals surface area contributed by atoms with E-state index in [0.29, 0.717) is 22.8 Å². The second kappa shape index (κ2) is 5.91. The summed E-state index contributed by atoms with van der Waals surface area (Å²) in [6.07, 6.45) is 1.76. The zero-order valence-corrected chi connectivity index (χ0v) is 11.1. The van der Waals surface area contributed by atoms with Crippen LogP contribution in [-0.2, 0) is 13.7 Å². The van der Waals surface area contributed by atoms with Gasteiger partial charge in [-0.3, -0.25) is 4.68 Å². The Morgan fingerprint density at radius 2 is 2.25 bits per heavy atom. The number of benzene rings is 1. The fourth-order valence-corrected chi connectivity index (χ4v) is 1.62. The molecule has 0 saturated heterocycles. The number of nitrogens with two attached hydrogens (primary N) is 1. The molecule has 0 aliphatic carbocycles. The first-order valence-electron chi connectivity index (χ1n) is 5.78. The molecule has 0 unspecified atom stereocenters. The molecule has 8 heteroatoms. The number of nitrogens with zero attached hydrogens (tertiary/aromatic N) is 4. The fourth-order valence-electron chi connectivity index (χ4n) is 1.62. The molecule has 0 saturated carbocycles. The zero-order valence-electron chi connectivity index (χ0n) is 11.1. The third-order valence-corrected chi connectivity index (χ3v) is 2.59. The molecule has 1 aromatic heterocycles. The summed E-state index contributed by atoms with van der Waals surface area (Å²) < 4.78 is 12.4. The van der Waals surface area contributed by atoms with Crippen LogP contribution in [0, 0.1) is 0 Å². The Kier molecular flexibility index (Phi) is 4.04. The van der Waals surface area contributed by atoms with Crippen LogP contribution in [0.4, 0.5) is 0 Å². The predicted molar refractivity (Wildman–Crippen MR) is 70.8 cm³/mol. The van der Waals surface area contributed by atoms with Crippen LogP contribution >= 0.6 is 0 Å². The van der Waals surface area contributed by atoms with E-state index < -0.39 is 0 Å². The molecule has 3 N–H and O–H groups in total. The van der Waals surface area contributed by atoms with Crippen molar-refractivity contribution in [1.29, 1.82) is 0 Å². The molecule has 0 radical (unpaired) electrons. The van der Waals surface area contributed by atoms with Crippen molar-refractivity contribution in [3.8, 4) is 11.5 Å². The van der Waals surface area contributed by atoms with E-state index in [0.717, 1.165) is 0 Å². The van der Waals surface area contributed by atoms with Crippen molar-refractivity contribution < 1.29 is 14.7 Å². The van der Waals surface area contributed by atoms with E-state index in [1.165, 1.54) is 7.11 Å². The number of amidine groups is 1. The Morgan fingerprint density at radius 3 is 2.85 bits per heavy atom. The third-order valence-electron chi connectivity index (χ3n) is 2.59. The first kappa shape index (κ1) is 13.7. The second-order valence-corrected chi connectivity index (χ2v) is 4.02. The first-order chi connectivity index (χ1) is 9.63. The average molecular weight is 277 g/mol. The highest BCUT2D eigenvalue weighted by molar-refractivity contribution is 5.97. The number of aromatic nitrogens is 3. The van der Waals surface area contributed by atoms with E-state index in [9.17, 15) is 0 Å². The first-order valence-corrected chi connectivity index (χ1v) is 5.78. The minimum atomic E-state index is 0.00350. The lowest BCUT2D eigenvalue weighted by atomic mass is 10.2. The third kappa shape index (κ3) is 2.97. The van der Waals surface area contributed by atoms with E-state index in [2.05, 4.69) is 15.5 Å². The molecular formula is C12H15N5O3. The van der Waals surface area contributed by atoms with Crippen LogP contribution in [0.3, 0.4) is 0 Å². The van der Waals surface area contributed by atoms with E-state index in [-0.39, 0.29) is 12.4 Å². The summed E-state index contributed by atoms with van der Waals surface area (Å²) in [6.45, 7) is 0.271. The maximum absolute atomic E-state index is 8.65. The molecule has 0 fully saturated rings. The van der Waals surface area contributed by atoms with Crippen molar-refractivity contribution >= 4 is 5.84 Å². The maximum Gasteiger partial charge on any atom is 0.170 e. The van der Waals surface area contributed by atoms with Crippen molar-refractivity contribution in [2.24, 2.45) is 17.9 Å². The average Bonchev–Trinajstić information content (AvgIpc) is 2.89. The Bertz CT molecular complexity index is 623. The van der Waals surface area contributed by atoms with Crippen molar-refractivity contribution in [3.05, 3.63) is 35.7 Å². The SMILES string of the molecule is COc1cc(/C(N)=N/O)ccc1OCc1cn(C)nn1. The molecule has 1 aromatic carbocycles. The molecule has 20 heavy (non-hydrogen) atoms. The van der Waals surface area contributed by atoms with Crippen LogP contribution in [0.2, 0.25) is 0 Å². The zero-order chi connectivity index (χ0) is 14.5. The highest BCUT2D eigenvalue weighted by Crippen LogP contribution is 2.28. The Balaban J connectivity index is 2.15. The summed E-state index contributed by atoms with van der Waals surface area (Å²) in [5.74, 6) is 1.02. The van der Waals surface area contributed by atoms with Gasteiger partial charge in [-0.15, -0.1) is 5.10 Å². The van der Waals surface area contributed by atoms with Gasteiger partial charge >= 0.3 is 0 Å². The number of hydrogen-bond donors (Lipinski definition) is 2. The molecular weight excluding hydrogens is 262 g/mol. The minimum Gasteiger partial charge on any atom is -0.493 e. The molecule has 0 atom stereocenters. The van der Waals surface area contributed by atoms with Crippen LogP contribution in [0.5, 0.6) is 11.5 Å². The Hall–Kier alpha value is -2.77. The standard InChI is InChI=1S/C12H15N5O3/c1-17-6-9(14-16-17)7-20-10-4-3-8(12(13)15-18)5-11(10)19-2/h3-6,18H,7H2,1-2H3,(H2,13,15). The summed E-state index contributed by atoms with van der Waals surface area (Å²) in [4.78, 5) is 0. The van der Waals surface area contributed by atoms with Gasteiger partial charge in [-0.2, -0.15) is 0 Å². The Labute approximate surface area is 115 Å². The number of hydrogen-bond acceptors (Lipinski definition) is 6. The molecule has 8 nitrogen and oxygen atoms in total. The Morgan fingerprint density at radius 1 is 1.45 bits per heavy atom.